The first-order chi connectivity index (χ1) is 7.38. The van der Waals surface area contributed by atoms with Crippen LogP contribution in [0.2, 0.25) is 0 Å². The number of ether oxygens (including phenoxy) is 1. The van der Waals surface area contributed by atoms with Crippen molar-refractivity contribution in [3.63, 3.8) is 0 Å². The summed E-state index contributed by atoms with van der Waals surface area (Å²) in [6.07, 6.45) is 9.89. The highest BCUT2D eigenvalue weighted by atomic mass is 16.5. The van der Waals surface area contributed by atoms with Crippen LogP contribution in [0, 0.1) is 0 Å². The second-order valence-corrected chi connectivity index (χ2v) is 4.54. The molecule has 0 bridgehead atoms. The van der Waals surface area contributed by atoms with Crippen molar-refractivity contribution in [3.8, 4) is 0 Å². The largest absolute Gasteiger partial charge is 0.362 e. The van der Waals surface area contributed by atoms with E-state index in [2.05, 4.69) is 18.7 Å². The van der Waals surface area contributed by atoms with Crippen molar-refractivity contribution in [2.45, 2.75) is 65.0 Å². The molecule has 2 heteroatoms. The summed E-state index contributed by atoms with van der Waals surface area (Å²) in [7, 11) is 0. The SMILES string of the molecule is CCCCCCCCN1CCO[C@H]1CC. The topological polar surface area (TPSA) is 12.5 Å². The van der Waals surface area contributed by atoms with Crippen LogP contribution >= 0.6 is 0 Å². The molecule has 0 amide bonds. The molecule has 0 aromatic rings. The van der Waals surface area contributed by atoms with E-state index in [1.807, 2.05) is 0 Å². The molecule has 2 nitrogen and oxygen atoms in total. The molecule has 0 aromatic carbocycles. The molecule has 1 atom stereocenters. The van der Waals surface area contributed by atoms with E-state index in [1.54, 1.807) is 0 Å². The first-order valence-corrected chi connectivity index (χ1v) is 6.74. The number of hydrogen-bond donors (Lipinski definition) is 0. The van der Waals surface area contributed by atoms with Gasteiger partial charge in [0.2, 0.25) is 0 Å². The van der Waals surface area contributed by atoms with E-state index in [1.165, 1.54) is 45.1 Å². The lowest BCUT2D eigenvalue weighted by atomic mass is 10.1. The van der Waals surface area contributed by atoms with E-state index in [0.717, 1.165) is 19.6 Å². The normalized spacial score (nSPS) is 22.4. The van der Waals surface area contributed by atoms with Crippen LogP contribution in [0.25, 0.3) is 0 Å². The van der Waals surface area contributed by atoms with E-state index in [-0.39, 0.29) is 0 Å². The molecule has 1 rings (SSSR count). The fourth-order valence-electron chi connectivity index (χ4n) is 2.28. The van der Waals surface area contributed by atoms with Gasteiger partial charge in [0.1, 0.15) is 6.23 Å². The van der Waals surface area contributed by atoms with Crippen molar-refractivity contribution in [3.05, 3.63) is 0 Å². The molecule has 0 radical (unpaired) electrons. The summed E-state index contributed by atoms with van der Waals surface area (Å²) in [6.45, 7) is 7.81. The van der Waals surface area contributed by atoms with Gasteiger partial charge in [-0.05, 0) is 12.8 Å². The Morgan fingerprint density at radius 1 is 1.07 bits per heavy atom. The Bertz CT molecular complexity index is 149. The van der Waals surface area contributed by atoms with Gasteiger partial charge in [0.25, 0.3) is 0 Å². The monoisotopic (exact) mass is 213 g/mol. The first kappa shape index (κ1) is 13.0. The number of rotatable bonds is 8. The molecule has 0 spiro atoms. The van der Waals surface area contributed by atoms with E-state index in [4.69, 9.17) is 4.74 Å². The molecule has 1 aliphatic rings. The zero-order chi connectivity index (χ0) is 10.9. The summed E-state index contributed by atoms with van der Waals surface area (Å²) in [6, 6.07) is 0. The second kappa shape index (κ2) is 8.12. The Morgan fingerprint density at radius 3 is 2.53 bits per heavy atom. The van der Waals surface area contributed by atoms with E-state index in [0.29, 0.717) is 6.23 Å². The van der Waals surface area contributed by atoms with Crippen LogP contribution in [0.15, 0.2) is 0 Å². The number of hydrogen-bond acceptors (Lipinski definition) is 2. The van der Waals surface area contributed by atoms with Crippen molar-refractivity contribution >= 4 is 0 Å². The maximum absolute atomic E-state index is 5.64. The van der Waals surface area contributed by atoms with Gasteiger partial charge in [-0.3, -0.25) is 4.90 Å². The third kappa shape index (κ3) is 4.98. The van der Waals surface area contributed by atoms with Crippen molar-refractivity contribution in [2.24, 2.45) is 0 Å². The van der Waals surface area contributed by atoms with Crippen LogP contribution < -0.4 is 0 Å². The van der Waals surface area contributed by atoms with Crippen molar-refractivity contribution in [1.29, 1.82) is 0 Å². The molecule has 15 heavy (non-hydrogen) atoms. The highest BCUT2D eigenvalue weighted by Gasteiger charge is 2.22. The lowest BCUT2D eigenvalue weighted by molar-refractivity contribution is 0.0304. The Labute approximate surface area is 95.0 Å². The van der Waals surface area contributed by atoms with Gasteiger partial charge >= 0.3 is 0 Å². The van der Waals surface area contributed by atoms with Crippen molar-refractivity contribution in [2.75, 3.05) is 19.7 Å². The Morgan fingerprint density at radius 2 is 1.80 bits per heavy atom. The Balaban J connectivity index is 1.95. The van der Waals surface area contributed by atoms with Gasteiger partial charge in [-0.2, -0.15) is 0 Å². The van der Waals surface area contributed by atoms with Gasteiger partial charge < -0.3 is 4.74 Å². The minimum absolute atomic E-state index is 0.417. The van der Waals surface area contributed by atoms with Crippen LogP contribution in [0.5, 0.6) is 0 Å². The highest BCUT2D eigenvalue weighted by molar-refractivity contribution is 4.68. The molecule has 0 aliphatic carbocycles. The summed E-state index contributed by atoms with van der Waals surface area (Å²) in [5.74, 6) is 0. The van der Waals surface area contributed by atoms with Gasteiger partial charge in [-0.1, -0.05) is 46.0 Å². The molecule has 1 fully saturated rings. The smallest absolute Gasteiger partial charge is 0.110 e. The van der Waals surface area contributed by atoms with Crippen LogP contribution in [-0.2, 0) is 4.74 Å². The quantitative estimate of drug-likeness (QED) is 0.573. The second-order valence-electron chi connectivity index (χ2n) is 4.54. The molecular weight excluding hydrogens is 186 g/mol. The van der Waals surface area contributed by atoms with Crippen LogP contribution in [0.4, 0.5) is 0 Å². The lowest BCUT2D eigenvalue weighted by Crippen LogP contribution is -2.30. The molecule has 0 unspecified atom stereocenters. The van der Waals surface area contributed by atoms with Gasteiger partial charge in [-0.15, -0.1) is 0 Å². The predicted molar refractivity (Wildman–Crippen MR) is 65.0 cm³/mol. The molecule has 1 aliphatic heterocycles. The third-order valence-electron chi connectivity index (χ3n) is 3.24. The Hall–Kier alpha value is -0.0800. The first-order valence-electron chi connectivity index (χ1n) is 6.74. The molecule has 0 saturated carbocycles. The van der Waals surface area contributed by atoms with Crippen molar-refractivity contribution < 1.29 is 4.74 Å². The fourth-order valence-corrected chi connectivity index (χ4v) is 2.28. The van der Waals surface area contributed by atoms with Gasteiger partial charge in [0.05, 0.1) is 6.61 Å². The predicted octanol–water partition coefficient (Wildman–Crippen LogP) is 3.42. The van der Waals surface area contributed by atoms with E-state index >= 15 is 0 Å². The van der Waals surface area contributed by atoms with Crippen LogP contribution in [0.1, 0.15) is 58.8 Å². The standard InChI is InChI=1S/C13H27NO/c1-3-5-6-7-8-9-10-14-11-12-15-13(14)4-2/h13H,3-12H2,1-2H3/t13-/m0/s1. The summed E-state index contributed by atoms with van der Waals surface area (Å²) in [5.41, 5.74) is 0. The molecule has 1 heterocycles. The minimum atomic E-state index is 0.417. The summed E-state index contributed by atoms with van der Waals surface area (Å²) < 4.78 is 5.64. The molecular formula is C13H27NO. The maximum atomic E-state index is 5.64. The average molecular weight is 213 g/mol. The molecule has 0 aromatic heterocycles. The van der Waals surface area contributed by atoms with E-state index < -0.39 is 0 Å². The lowest BCUT2D eigenvalue weighted by Gasteiger charge is -2.21. The minimum Gasteiger partial charge on any atom is -0.362 e. The summed E-state index contributed by atoms with van der Waals surface area (Å²) in [4.78, 5) is 2.50. The molecule has 0 N–H and O–H groups in total. The van der Waals surface area contributed by atoms with Gasteiger partial charge in [0.15, 0.2) is 0 Å². The molecule has 1 saturated heterocycles. The average Bonchev–Trinajstić information content (AvgIpc) is 2.70. The van der Waals surface area contributed by atoms with Crippen LogP contribution in [0.3, 0.4) is 0 Å². The van der Waals surface area contributed by atoms with Gasteiger partial charge in [0, 0.05) is 13.1 Å². The third-order valence-corrected chi connectivity index (χ3v) is 3.24. The van der Waals surface area contributed by atoms with Crippen LogP contribution in [-0.4, -0.2) is 30.8 Å². The highest BCUT2D eigenvalue weighted by Crippen LogP contribution is 2.14. The zero-order valence-corrected chi connectivity index (χ0v) is 10.5. The Kier molecular flexibility index (Phi) is 7.03. The zero-order valence-electron chi connectivity index (χ0n) is 10.5. The number of nitrogens with zero attached hydrogens (tertiary/aromatic N) is 1. The summed E-state index contributed by atoms with van der Waals surface area (Å²) >= 11 is 0. The van der Waals surface area contributed by atoms with Gasteiger partial charge in [-0.25, -0.2) is 0 Å². The molecule has 90 valence electrons. The maximum Gasteiger partial charge on any atom is 0.110 e. The van der Waals surface area contributed by atoms with E-state index in [9.17, 15) is 0 Å². The fraction of sp³-hybridized carbons (Fsp3) is 1.00. The van der Waals surface area contributed by atoms with Crippen molar-refractivity contribution in [1.82, 2.24) is 4.90 Å². The number of unbranched alkanes of at least 4 members (excludes halogenated alkanes) is 5. The summed E-state index contributed by atoms with van der Waals surface area (Å²) in [5, 5.41) is 0.